The third kappa shape index (κ3) is 4.25. The number of unbranched alkanes of at least 4 members (excludes halogenated alkanes) is 1. The van der Waals surface area contributed by atoms with Crippen LogP contribution < -0.4 is 10.2 Å². The lowest BCUT2D eigenvalue weighted by Crippen LogP contribution is -2.21. The lowest BCUT2D eigenvalue weighted by atomic mass is 10.3. The Morgan fingerprint density at radius 3 is 2.50 bits per heavy atom. The molecule has 2 rings (SSSR count). The largest absolute Gasteiger partial charge is 0.358 e. The van der Waals surface area contributed by atoms with Crippen LogP contribution in [-0.4, -0.2) is 29.7 Å². The first kappa shape index (κ1) is 15.9. The summed E-state index contributed by atoms with van der Waals surface area (Å²) in [5, 5.41) is 10.7. The molecule has 0 aliphatic heterocycles. The van der Waals surface area contributed by atoms with E-state index in [1.165, 1.54) is 24.3 Å². The van der Waals surface area contributed by atoms with Crippen LogP contribution in [0.4, 0.5) is 15.9 Å². The summed E-state index contributed by atoms with van der Waals surface area (Å²) in [5.74, 6) is 0.00547. The number of halogens is 1. The van der Waals surface area contributed by atoms with E-state index in [0.717, 1.165) is 25.2 Å². The second kappa shape index (κ2) is 7.49. The number of carbonyl (C=O) groups is 1. The highest BCUT2D eigenvalue weighted by Gasteiger charge is 2.10. The van der Waals surface area contributed by atoms with Crippen molar-refractivity contribution in [3.63, 3.8) is 0 Å². The molecule has 6 heteroatoms. The normalized spacial score (nSPS) is 10.3. The maximum absolute atomic E-state index is 12.8. The Morgan fingerprint density at radius 2 is 1.91 bits per heavy atom. The molecule has 1 aromatic carbocycles. The minimum Gasteiger partial charge on any atom is -0.358 e. The fraction of sp³-hybridized carbons (Fsp3) is 0.312. The molecule has 0 fully saturated rings. The SMILES string of the molecule is CCCCN(C)c1ccc(C(=O)Nc2ccc(F)cc2)nn1. The number of nitrogens with zero attached hydrogens (tertiary/aromatic N) is 3. The molecule has 1 heterocycles. The lowest BCUT2D eigenvalue weighted by molar-refractivity contribution is 0.102. The minimum absolute atomic E-state index is 0.219. The standard InChI is InChI=1S/C16H19FN4O/c1-3-4-11-21(2)15-10-9-14(19-20-15)16(22)18-13-7-5-12(17)6-8-13/h5-10H,3-4,11H2,1-2H3,(H,18,22). The maximum atomic E-state index is 12.8. The molecule has 0 saturated heterocycles. The molecule has 0 bridgehead atoms. The van der Waals surface area contributed by atoms with Gasteiger partial charge < -0.3 is 10.2 Å². The number of benzene rings is 1. The predicted molar refractivity (Wildman–Crippen MR) is 84.6 cm³/mol. The molecular formula is C16H19FN4O. The first-order valence-corrected chi connectivity index (χ1v) is 7.22. The Morgan fingerprint density at radius 1 is 1.18 bits per heavy atom. The van der Waals surface area contributed by atoms with Gasteiger partial charge in [-0.25, -0.2) is 4.39 Å². The quantitative estimate of drug-likeness (QED) is 0.891. The van der Waals surface area contributed by atoms with Crippen LogP contribution in [0.5, 0.6) is 0 Å². The van der Waals surface area contributed by atoms with Gasteiger partial charge in [0, 0.05) is 19.3 Å². The van der Waals surface area contributed by atoms with E-state index in [4.69, 9.17) is 0 Å². The van der Waals surface area contributed by atoms with Crippen molar-refractivity contribution in [2.24, 2.45) is 0 Å². The summed E-state index contributed by atoms with van der Waals surface area (Å²) in [4.78, 5) is 14.0. The average Bonchev–Trinajstić information content (AvgIpc) is 2.55. The van der Waals surface area contributed by atoms with Crippen molar-refractivity contribution in [3.05, 3.63) is 47.9 Å². The highest BCUT2D eigenvalue weighted by molar-refractivity contribution is 6.02. The average molecular weight is 302 g/mol. The second-order valence-corrected chi connectivity index (χ2v) is 5.01. The van der Waals surface area contributed by atoms with Gasteiger partial charge in [0.05, 0.1) is 0 Å². The van der Waals surface area contributed by atoms with Gasteiger partial charge in [-0.15, -0.1) is 10.2 Å². The highest BCUT2D eigenvalue weighted by Crippen LogP contribution is 2.12. The van der Waals surface area contributed by atoms with Crippen LogP contribution in [-0.2, 0) is 0 Å². The Bertz CT molecular complexity index is 613. The summed E-state index contributed by atoms with van der Waals surface area (Å²) in [5.41, 5.74) is 0.731. The predicted octanol–water partition coefficient (Wildman–Crippen LogP) is 3.10. The monoisotopic (exact) mass is 302 g/mol. The molecule has 1 aromatic heterocycles. The molecule has 0 aliphatic rings. The number of aromatic nitrogens is 2. The summed E-state index contributed by atoms with van der Waals surface area (Å²) >= 11 is 0. The van der Waals surface area contributed by atoms with Crippen LogP contribution >= 0.6 is 0 Å². The van der Waals surface area contributed by atoms with Gasteiger partial charge in [0.25, 0.3) is 5.91 Å². The number of nitrogens with one attached hydrogen (secondary N) is 1. The Labute approximate surface area is 129 Å². The zero-order valence-corrected chi connectivity index (χ0v) is 12.7. The van der Waals surface area contributed by atoms with Gasteiger partial charge in [-0.1, -0.05) is 13.3 Å². The van der Waals surface area contributed by atoms with E-state index in [-0.39, 0.29) is 17.4 Å². The number of rotatable bonds is 6. The Balaban J connectivity index is 2.00. The van der Waals surface area contributed by atoms with Crippen LogP contribution in [0.2, 0.25) is 0 Å². The van der Waals surface area contributed by atoms with Gasteiger partial charge in [-0.05, 0) is 42.8 Å². The number of anilines is 2. The van der Waals surface area contributed by atoms with Crippen molar-refractivity contribution in [3.8, 4) is 0 Å². The Kier molecular flexibility index (Phi) is 5.41. The van der Waals surface area contributed by atoms with Crippen LogP contribution in [0.1, 0.15) is 30.3 Å². The number of hydrogen-bond donors (Lipinski definition) is 1. The molecule has 22 heavy (non-hydrogen) atoms. The van der Waals surface area contributed by atoms with E-state index in [2.05, 4.69) is 22.4 Å². The van der Waals surface area contributed by atoms with Crippen molar-refractivity contribution in [1.29, 1.82) is 0 Å². The fourth-order valence-corrected chi connectivity index (χ4v) is 1.89. The first-order chi connectivity index (χ1) is 10.6. The molecule has 0 radical (unpaired) electrons. The van der Waals surface area contributed by atoms with Gasteiger partial charge in [-0.2, -0.15) is 0 Å². The third-order valence-electron chi connectivity index (χ3n) is 3.22. The van der Waals surface area contributed by atoms with E-state index in [9.17, 15) is 9.18 Å². The summed E-state index contributed by atoms with van der Waals surface area (Å²) in [6.45, 7) is 3.02. The van der Waals surface area contributed by atoms with Crippen LogP contribution in [0, 0.1) is 5.82 Å². The summed E-state index contributed by atoms with van der Waals surface area (Å²) in [6.07, 6.45) is 2.18. The van der Waals surface area contributed by atoms with Crippen molar-refractivity contribution in [1.82, 2.24) is 10.2 Å². The van der Waals surface area contributed by atoms with E-state index < -0.39 is 0 Å². The smallest absolute Gasteiger partial charge is 0.276 e. The van der Waals surface area contributed by atoms with Crippen LogP contribution in [0.15, 0.2) is 36.4 Å². The number of carbonyl (C=O) groups excluding carboxylic acids is 1. The molecule has 0 atom stereocenters. The molecule has 0 spiro atoms. The molecule has 1 N–H and O–H groups in total. The summed E-state index contributed by atoms with van der Waals surface area (Å²) < 4.78 is 12.8. The zero-order chi connectivity index (χ0) is 15.9. The van der Waals surface area contributed by atoms with Gasteiger partial charge in [0.2, 0.25) is 0 Å². The molecule has 1 amide bonds. The molecule has 2 aromatic rings. The van der Waals surface area contributed by atoms with E-state index in [0.29, 0.717) is 5.69 Å². The van der Waals surface area contributed by atoms with E-state index >= 15 is 0 Å². The van der Waals surface area contributed by atoms with Crippen molar-refractivity contribution >= 4 is 17.4 Å². The summed E-state index contributed by atoms with van der Waals surface area (Å²) in [7, 11) is 1.94. The van der Waals surface area contributed by atoms with Crippen LogP contribution in [0.25, 0.3) is 0 Å². The molecule has 0 unspecified atom stereocenters. The first-order valence-electron chi connectivity index (χ1n) is 7.22. The van der Waals surface area contributed by atoms with E-state index in [1.807, 2.05) is 11.9 Å². The Hall–Kier alpha value is -2.50. The molecule has 0 saturated carbocycles. The van der Waals surface area contributed by atoms with Gasteiger partial charge in [0.1, 0.15) is 5.82 Å². The highest BCUT2D eigenvalue weighted by atomic mass is 19.1. The second-order valence-electron chi connectivity index (χ2n) is 5.01. The number of amides is 1. The van der Waals surface area contributed by atoms with Crippen molar-refractivity contribution in [2.75, 3.05) is 23.8 Å². The lowest BCUT2D eigenvalue weighted by Gasteiger charge is -2.16. The molecular weight excluding hydrogens is 283 g/mol. The fourth-order valence-electron chi connectivity index (χ4n) is 1.89. The molecule has 0 aliphatic carbocycles. The summed E-state index contributed by atoms with van der Waals surface area (Å²) in [6, 6.07) is 8.95. The van der Waals surface area contributed by atoms with Gasteiger partial charge in [0.15, 0.2) is 11.5 Å². The van der Waals surface area contributed by atoms with Crippen molar-refractivity contribution < 1.29 is 9.18 Å². The number of hydrogen-bond acceptors (Lipinski definition) is 4. The zero-order valence-electron chi connectivity index (χ0n) is 12.7. The minimum atomic E-state index is -0.373. The maximum Gasteiger partial charge on any atom is 0.276 e. The molecule has 5 nitrogen and oxygen atoms in total. The topological polar surface area (TPSA) is 58.1 Å². The molecule has 116 valence electrons. The van der Waals surface area contributed by atoms with Gasteiger partial charge in [-0.3, -0.25) is 4.79 Å². The van der Waals surface area contributed by atoms with E-state index in [1.54, 1.807) is 12.1 Å². The van der Waals surface area contributed by atoms with Crippen molar-refractivity contribution in [2.45, 2.75) is 19.8 Å². The van der Waals surface area contributed by atoms with Gasteiger partial charge >= 0.3 is 0 Å². The third-order valence-corrected chi connectivity index (χ3v) is 3.22. The van der Waals surface area contributed by atoms with Crippen LogP contribution in [0.3, 0.4) is 0 Å².